The Hall–Kier alpha value is -2.77. The van der Waals surface area contributed by atoms with Crippen molar-refractivity contribution in [3.63, 3.8) is 0 Å². The predicted molar refractivity (Wildman–Crippen MR) is 115 cm³/mol. The summed E-state index contributed by atoms with van der Waals surface area (Å²) in [5, 5.41) is 13.1. The van der Waals surface area contributed by atoms with Gasteiger partial charge in [0.05, 0.1) is 36.8 Å². The molecular formula is C22H28N4O3. The molecule has 2 aliphatic rings. The van der Waals surface area contributed by atoms with E-state index in [1.54, 1.807) is 6.07 Å². The first-order chi connectivity index (χ1) is 14.2. The van der Waals surface area contributed by atoms with Gasteiger partial charge in [-0.3, -0.25) is 9.69 Å². The molecule has 0 saturated carbocycles. The van der Waals surface area contributed by atoms with Crippen LogP contribution in [0.1, 0.15) is 0 Å². The minimum absolute atomic E-state index is 0.00159. The largest absolute Gasteiger partial charge is 0.506 e. The van der Waals surface area contributed by atoms with E-state index in [9.17, 15) is 9.90 Å². The predicted octanol–water partition coefficient (Wildman–Crippen LogP) is 1.99. The molecule has 7 heteroatoms. The summed E-state index contributed by atoms with van der Waals surface area (Å²) in [7, 11) is 0. The summed E-state index contributed by atoms with van der Waals surface area (Å²) in [5.41, 5.74) is 2.76. The van der Waals surface area contributed by atoms with Crippen molar-refractivity contribution < 1.29 is 14.6 Å². The third kappa shape index (κ3) is 4.81. The first-order valence-electron chi connectivity index (χ1n) is 10.2. The van der Waals surface area contributed by atoms with Crippen LogP contribution in [-0.2, 0) is 9.53 Å². The fourth-order valence-corrected chi connectivity index (χ4v) is 3.93. The third-order valence-electron chi connectivity index (χ3n) is 5.49. The van der Waals surface area contributed by atoms with E-state index in [-0.39, 0.29) is 5.91 Å². The normalized spacial score (nSPS) is 17.9. The number of amides is 1. The van der Waals surface area contributed by atoms with Gasteiger partial charge < -0.3 is 25.0 Å². The Morgan fingerprint density at radius 2 is 1.48 bits per heavy atom. The van der Waals surface area contributed by atoms with Crippen LogP contribution in [0.3, 0.4) is 0 Å². The van der Waals surface area contributed by atoms with Crippen LogP contribution in [0.15, 0.2) is 48.5 Å². The molecule has 0 bridgehead atoms. The molecule has 7 nitrogen and oxygen atoms in total. The van der Waals surface area contributed by atoms with Crippen LogP contribution >= 0.6 is 0 Å². The number of anilines is 3. The van der Waals surface area contributed by atoms with Gasteiger partial charge in [-0.2, -0.15) is 0 Å². The Balaban J connectivity index is 1.31. The highest BCUT2D eigenvalue weighted by Crippen LogP contribution is 2.28. The van der Waals surface area contributed by atoms with Gasteiger partial charge in [-0.1, -0.05) is 24.3 Å². The number of para-hydroxylation sites is 4. The lowest BCUT2D eigenvalue weighted by molar-refractivity contribution is -0.117. The lowest BCUT2D eigenvalue weighted by Crippen LogP contribution is -2.48. The number of carbonyl (C=O) groups excluding carboxylic acids is 1. The molecule has 2 aliphatic heterocycles. The van der Waals surface area contributed by atoms with Crippen LogP contribution in [0.2, 0.25) is 0 Å². The molecule has 2 aromatic rings. The minimum Gasteiger partial charge on any atom is -0.506 e. The average Bonchev–Trinajstić information content (AvgIpc) is 2.76. The third-order valence-corrected chi connectivity index (χ3v) is 5.49. The number of morpholine rings is 1. The zero-order chi connectivity index (χ0) is 20.1. The number of rotatable bonds is 5. The van der Waals surface area contributed by atoms with Crippen molar-refractivity contribution in [3.8, 4) is 5.75 Å². The highest BCUT2D eigenvalue weighted by molar-refractivity contribution is 5.95. The quantitative estimate of drug-likeness (QED) is 0.806. The summed E-state index contributed by atoms with van der Waals surface area (Å²) in [5.74, 6) is 0.306. The zero-order valence-electron chi connectivity index (χ0n) is 16.6. The Kier molecular flexibility index (Phi) is 6.17. The minimum atomic E-state index is 0.00159. The molecule has 0 atom stereocenters. The second-order valence-corrected chi connectivity index (χ2v) is 7.42. The van der Waals surface area contributed by atoms with Gasteiger partial charge in [-0.05, 0) is 24.3 Å². The second-order valence-electron chi connectivity index (χ2n) is 7.42. The number of phenolic OH excluding ortho intramolecular Hbond substituents is 1. The van der Waals surface area contributed by atoms with Gasteiger partial charge in [0.2, 0.25) is 5.91 Å². The molecule has 29 heavy (non-hydrogen) atoms. The molecule has 2 N–H and O–H groups in total. The number of hydrogen-bond donors (Lipinski definition) is 2. The van der Waals surface area contributed by atoms with Crippen LogP contribution in [-0.4, -0.2) is 74.9 Å². The van der Waals surface area contributed by atoms with Crippen molar-refractivity contribution in [3.05, 3.63) is 48.5 Å². The lowest BCUT2D eigenvalue weighted by atomic mass is 10.2. The van der Waals surface area contributed by atoms with Crippen LogP contribution in [0, 0.1) is 0 Å². The average molecular weight is 396 g/mol. The van der Waals surface area contributed by atoms with E-state index in [0.29, 0.717) is 25.5 Å². The molecule has 2 aromatic carbocycles. The van der Waals surface area contributed by atoms with E-state index < -0.39 is 0 Å². The van der Waals surface area contributed by atoms with E-state index in [2.05, 4.69) is 20.0 Å². The number of nitrogens with one attached hydrogen (secondary N) is 1. The van der Waals surface area contributed by atoms with E-state index in [0.717, 1.165) is 56.3 Å². The molecule has 2 heterocycles. The summed E-state index contributed by atoms with van der Waals surface area (Å²) in [6.07, 6.45) is 0. The number of hydrogen-bond acceptors (Lipinski definition) is 6. The number of piperazine rings is 1. The lowest BCUT2D eigenvalue weighted by Gasteiger charge is -2.36. The highest BCUT2D eigenvalue weighted by Gasteiger charge is 2.21. The molecule has 2 fully saturated rings. The van der Waals surface area contributed by atoms with Gasteiger partial charge >= 0.3 is 0 Å². The van der Waals surface area contributed by atoms with Crippen LogP contribution in [0.25, 0.3) is 0 Å². The maximum atomic E-state index is 12.7. The van der Waals surface area contributed by atoms with E-state index in [1.807, 2.05) is 42.5 Å². The van der Waals surface area contributed by atoms with Gasteiger partial charge in [0.1, 0.15) is 5.75 Å². The molecule has 0 aliphatic carbocycles. The molecule has 0 unspecified atom stereocenters. The summed E-state index contributed by atoms with van der Waals surface area (Å²) in [6.45, 7) is 6.60. The van der Waals surface area contributed by atoms with Crippen molar-refractivity contribution in [2.45, 2.75) is 0 Å². The first kappa shape index (κ1) is 19.5. The highest BCUT2D eigenvalue weighted by atomic mass is 16.5. The van der Waals surface area contributed by atoms with Crippen LogP contribution < -0.4 is 15.1 Å². The zero-order valence-corrected chi connectivity index (χ0v) is 16.6. The second kappa shape index (κ2) is 9.15. The number of phenols is 1. The molecule has 154 valence electrons. The number of carbonyl (C=O) groups is 1. The maximum absolute atomic E-state index is 12.7. The Morgan fingerprint density at radius 3 is 2.21 bits per heavy atom. The molecule has 2 saturated heterocycles. The van der Waals surface area contributed by atoms with Crippen molar-refractivity contribution in [1.29, 1.82) is 0 Å². The van der Waals surface area contributed by atoms with Crippen LogP contribution in [0.5, 0.6) is 5.75 Å². The monoisotopic (exact) mass is 396 g/mol. The van der Waals surface area contributed by atoms with E-state index >= 15 is 0 Å². The smallest absolute Gasteiger partial charge is 0.238 e. The molecule has 0 radical (unpaired) electrons. The van der Waals surface area contributed by atoms with Gasteiger partial charge in [0.15, 0.2) is 0 Å². The summed E-state index contributed by atoms with van der Waals surface area (Å²) < 4.78 is 5.44. The van der Waals surface area contributed by atoms with Crippen molar-refractivity contribution in [2.24, 2.45) is 0 Å². The molecule has 4 rings (SSSR count). The first-order valence-corrected chi connectivity index (χ1v) is 10.2. The number of ether oxygens (including phenoxy) is 1. The topological polar surface area (TPSA) is 68.3 Å². The standard InChI is InChI=1S/C22H28N4O3/c27-21-8-4-3-7-20(21)25-11-9-24(10-12-25)17-22(28)23-18-5-1-2-6-19(18)26-13-15-29-16-14-26/h1-8,27H,9-17H2,(H,23,28). The Morgan fingerprint density at radius 1 is 0.862 bits per heavy atom. The fraction of sp³-hybridized carbons (Fsp3) is 0.409. The number of aromatic hydroxyl groups is 1. The maximum Gasteiger partial charge on any atom is 0.238 e. The Labute approximate surface area is 171 Å². The molecule has 1 amide bonds. The summed E-state index contributed by atoms with van der Waals surface area (Å²) in [4.78, 5) is 19.2. The summed E-state index contributed by atoms with van der Waals surface area (Å²) in [6, 6.07) is 15.4. The van der Waals surface area contributed by atoms with Crippen molar-refractivity contribution in [2.75, 3.05) is 74.1 Å². The van der Waals surface area contributed by atoms with Gasteiger partial charge in [-0.15, -0.1) is 0 Å². The van der Waals surface area contributed by atoms with Gasteiger partial charge in [0.25, 0.3) is 0 Å². The number of benzene rings is 2. The Bertz CT molecular complexity index is 830. The summed E-state index contributed by atoms with van der Waals surface area (Å²) >= 11 is 0. The van der Waals surface area contributed by atoms with Gasteiger partial charge in [0, 0.05) is 39.3 Å². The van der Waals surface area contributed by atoms with Crippen molar-refractivity contribution >= 4 is 23.0 Å². The van der Waals surface area contributed by atoms with Crippen LogP contribution in [0.4, 0.5) is 17.1 Å². The molecular weight excluding hydrogens is 368 g/mol. The number of nitrogens with zero attached hydrogens (tertiary/aromatic N) is 3. The van der Waals surface area contributed by atoms with E-state index in [4.69, 9.17) is 4.74 Å². The van der Waals surface area contributed by atoms with Gasteiger partial charge in [-0.25, -0.2) is 0 Å². The molecule has 0 aromatic heterocycles. The SMILES string of the molecule is O=C(CN1CCN(c2ccccc2O)CC1)Nc1ccccc1N1CCOCC1. The van der Waals surface area contributed by atoms with E-state index in [1.165, 1.54) is 0 Å². The molecule has 0 spiro atoms. The fourth-order valence-electron chi connectivity index (χ4n) is 3.93. The van der Waals surface area contributed by atoms with Crippen molar-refractivity contribution in [1.82, 2.24) is 4.90 Å².